The highest BCUT2D eigenvalue weighted by atomic mass is 32.2. The fourth-order valence-electron chi connectivity index (χ4n) is 1.86. The van der Waals surface area contributed by atoms with Crippen LogP contribution in [0.25, 0.3) is 0 Å². The minimum atomic E-state index is -3.58. The average molecular weight is 319 g/mol. The van der Waals surface area contributed by atoms with Gasteiger partial charge in [-0.1, -0.05) is 26.0 Å². The lowest BCUT2D eigenvalue weighted by Gasteiger charge is -2.10. The van der Waals surface area contributed by atoms with Crippen molar-refractivity contribution in [1.29, 1.82) is 0 Å². The van der Waals surface area contributed by atoms with Gasteiger partial charge in [0.25, 0.3) is 10.0 Å². The first kappa shape index (κ1) is 16.3. The van der Waals surface area contributed by atoms with Gasteiger partial charge < -0.3 is 5.32 Å². The fourth-order valence-corrected chi connectivity index (χ4v) is 3.01. The Kier molecular flexibility index (Phi) is 5.03. The third kappa shape index (κ3) is 4.46. The Hall–Kier alpha value is -2.08. The molecule has 0 amide bonds. The molecular weight excluding hydrogens is 298 g/mol. The number of aromatic nitrogens is 1. The molecule has 2 rings (SSSR count). The first-order valence-corrected chi connectivity index (χ1v) is 8.64. The normalized spacial score (nSPS) is 11.5. The van der Waals surface area contributed by atoms with Crippen molar-refractivity contribution in [3.05, 3.63) is 48.2 Å². The lowest BCUT2D eigenvalue weighted by atomic mass is 10.2. The van der Waals surface area contributed by atoms with Crippen molar-refractivity contribution in [2.75, 3.05) is 16.6 Å². The number of pyridine rings is 1. The highest BCUT2D eigenvalue weighted by Gasteiger charge is 2.14. The maximum Gasteiger partial charge on any atom is 0.261 e. The van der Waals surface area contributed by atoms with Crippen LogP contribution in [0.5, 0.6) is 0 Å². The second kappa shape index (κ2) is 6.79. The SMILES string of the molecule is Cc1cccc(S(=O)(=O)Nc2ccc(NCC(C)C)nc2)c1. The summed E-state index contributed by atoms with van der Waals surface area (Å²) in [6.45, 7) is 6.89. The van der Waals surface area contributed by atoms with E-state index in [1.165, 1.54) is 6.20 Å². The summed E-state index contributed by atoms with van der Waals surface area (Å²) in [4.78, 5) is 4.45. The second-order valence-corrected chi connectivity index (χ2v) is 7.31. The average Bonchev–Trinajstić information content (AvgIpc) is 2.46. The largest absolute Gasteiger partial charge is 0.370 e. The molecule has 1 heterocycles. The third-order valence-corrected chi connectivity index (χ3v) is 4.39. The molecule has 5 nitrogen and oxygen atoms in total. The zero-order valence-corrected chi connectivity index (χ0v) is 13.8. The number of anilines is 2. The molecule has 0 radical (unpaired) electrons. The molecular formula is C16H21N3O2S. The Bertz CT molecular complexity index is 725. The van der Waals surface area contributed by atoms with Gasteiger partial charge in [0.15, 0.2) is 0 Å². The van der Waals surface area contributed by atoms with Crippen LogP contribution in [0.4, 0.5) is 11.5 Å². The molecule has 0 saturated heterocycles. The number of rotatable bonds is 6. The summed E-state index contributed by atoms with van der Waals surface area (Å²) >= 11 is 0. The zero-order chi connectivity index (χ0) is 16.2. The van der Waals surface area contributed by atoms with Gasteiger partial charge in [-0.15, -0.1) is 0 Å². The Morgan fingerprint density at radius 3 is 2.55 bits per heavy atom. The maximum absolute atomic E-state index is 12.3. The van der Waals surface area contributed by atoms with Crippen molar-refractivity contribution < 1.29 is 8.42 Å². The van der Waals surface area contributed by atoms with E-state index >= 15 is 0 Å². The van der Waals surface area contributed by atoms with Crippen molar-refractivity contribution in [3.63, 3.8) is 0 Å². The third-order valence-electron chi connectivity index (χ3n) is 3.01. The van der Waals surface area contributed by atoms with Crippen molar-refractivity contribution in [3.8, 4) is 0 Å². The molecule has 0 bridgehead atoms. The predicted molar refractivity (Wildman–Crippen MR) is 89.6 cm³/mol. The topological polar surface area (TPSA) is 71.1 Å². The van der Waals surface area contributed by atoms with Crippen molar-refractivity contribution in [1.82, 2.24) is 4.98 Å². The van der Waals surface area contributed by atoms with Gasteiger partial charge in [-0.25, -0.2) is 13.4 Å². The Morgan fingerprint density at radius 2 is 1.95 bits per heavy atom. The Labute approximate surface area is 131 Å². The number of sulfonamides is 1. The molecule has 0 aliphatic heterocycles. The number of aryl methyl sites for hydroxylation is 1. The van der Waals surface area contributed by atoms with Gasteiger partial charge in [-0.2, -0.15) is 0 Å². The highest BCUT2D eigenvalue weighted by molar-refractivity contribution is 7.92. The molecule has 0 unspecified atom stereocenters. The number of nitrogens with one attached hydrogen (secondary N) is 2. The number of benzene rings is 1. The minimum absolute atomic E-state index is 0.245. The molecule has 1 aromatic carbocycles. The minimum Gasteiger partial charge on any atom is -0.370 e. The molecule has 2 aromatic rings. The lowest BCUT2D eigenvalue weighted by molar-refractivity contribution is 0.601. The van der Waals surface area contributed by atoms with E-state index in [9.17, 15) is 8.42 Å². The van der Waals surface area contributed by atoms with Crippen LogP contribution < -0.4 is 10.0 Å². The fraction of sp³-hybridized carbons (Fsp3) is 0.312. The van der Waals surface area contributed by atoms with Gasteiger partial charge in [0.1, 0.15) is 5.82 Å². The van der Waals surface area contributed by atoms with Crippen LogP contribution in [-0.4, -0.2) is 19.9 Å². The Balaban J connectivity index is 2.10. The van der Waals surface area contributed by atoms with E-state index < -0.39 is 10.0 Å². The van der Waals surface area contributed by atoms with E-state index in [-0.39, 0.29) is 4.90 Å². The molecule has 0 aliphatic carbocycles. The quantitative estimate of drug-likeness (QED) is 0.857. The summed E-state index contributed by atoms with van der Waals surface area (Å²) in [7, 11) is -3.58. The van der Waals surface area contributed by atoms with E-state index in [4.69, 9.17) is 0 Å². The standard InChI is InChI=1S/C16H21N3O2S/c1-12(2)10-17-16-8-7-14(11-18-16)19-22(20,21)15-6-4-5-13(3)9-15/h4-9,11-12,19H,10H2,1-3H3,(H,17,18). The summed E-state index contributed by atoms with van der Waals surface area (Å²) in [5, 5.41) is 3.18. The van der Waals surface area contributed by atoms with Crippen LogP contribution in [-0.2, 0) is 10.0 Å². The van der Waals surface area contributed by atoms with Crippen LogP contribution in [0, 0.1) is 12.8 Å². The summed E-state index contributed by atoms with van der Waals surface area (Å²) in [5.41, 5.74) is 1.34. The van der Waals surface area contributed by atoms with E-state index in [0.717, 1.165) is 17.9 Å². The number of hydrogen-bond acceptors (Lipinski definition) is 4. The van der Waals surface area contributed by atoms with Gasteiger partial charge in [-0.05, 0) is 42.7 Å². The lowest BCUT2D eigenvalue weighted by Crippen LogP contribution is -2.13. The summed E-state index contributed by atoms with van der Waals surface area (Å²) < 4.78 is 27.1. The van der Waals surface area contributed by atoms with Crippen LogP contribution in [0.3, 0.4) is 0 Å². The summed E-state index contributed by atoms with van der Waals surface area (Å²) in [5.74, 6) is 1.24. The predicted octanol–water partition coefficient (Wildman–Crippen LogP) is 3.26. The molecule has 1 aromatic heterocycles. The molecule has 22 heavy (non-hydrogen) atoms. The van der Waals surface area contributed by atoms with E-state index in [0.29, 0.717) is 11.6 Å². The van der Waals surface area contributed by atoms with Gasteiger partial charge in [0.05, 0.1) is 16.8 Å². The van der Waals surface area contributed by atoms with Gasteiger partial charge >= 0.3 is 0 Å². The van der Waals surface area contributed by atoms with Gasteiger partial charge in [-0.3, -0.25) is 4.72 Å². The number of nitrogens with zero attached hydrogens (tertiary/aromatic N) is 1. The smallest absolute Gasteiger partial charge is 0.261 e. The van der Waals surface area contributed by atoms with Gasteiger partial charge in [0, 0.05) is 6.54 Å². The molecule has 0 atom stereocenters. The van der Waals surface area contributed by atoms with E-state index in [1.807, 2.05) is 13.0 Å². The van der Waals surface area contributed by atoms with Crippen molar-refractivity contribution in [2.24, 2.45) is 5.92 Å². The van der Waals surface area contributed by atoms with Crippen LogP contribution >= 0.6 is 0 Å². The highest BCUT2D eigenvalue weighted by Crippen LogP contribution is 2.17. The van der Waals surface area contributed by atoms with Crippen LogP contribution in [0.1, 0.15) is 19.4 Å². The first-order valence-electron chi connectivity index (χ1n) is 7.16. The summed E-state index contributed by atoms with van der Waals surface area (Å²) in [6.07, 6.45) is 1.51. The number of hydrogen-bond donors (Lipinski definition) is 2. The molecule has 0 fully saturated rings. The molecule has 0 spiro atoms. The molecule has 0 aliphatic rings. The monoisotopic (exact) mass is 319 g/mol. The van der Waals surface area contributed by atoms with Gasteiger partial charge in [0.2, 0.25) is 0 Å². The van der Waals surface area contributed by atoms with E-state index in [1.54, 1.807) is 30.3 Å². The van der Waals surface area contributed by atoms with Crippen LogP contribution in [0.15, 0.2) is 47.5 Å². The first-order chi connectivity index (χ1) is 10.4. The molecule has 2 N–H and O–H groups in total. The molecule has 6 heteroatoms. The summed E-state index contributed by atoms with van der Waals surface area (Å²) in [6, 6.07) is 10.2. The molecule has 0 saturated carbocycles. The maximum atomic E-state index is 12.3. The van der Waals surface area contributed by atoms with Crippen molar-refractivity contribution >= 4 is 21.5 Å². The van der Waals surface area contributed by atoms with Crippen LogP contribution in [0.2, 0.25) is 0 Å². The van der Waals surface area contributed by atoms with Crippen molar-refractivity contribution in [2.45, 2.75) is 25.7 Å². The van der Waals surface area contributed by atoms with E-state index in [2.05, 4.69) is 28.9 Å². The Morgan fingerprint density at radius 1 is 1.18 bits per heavy atom. The molecule has 118 valence electrons. The zero-order valence-electron chi connectivity index (χ0n) is 13.0. The second-order valence-electron chi connectivity index (χ2n) is 5.63.